The monoisotopic (exact) mass is 396 g/mol. The second-order valence-corrected chi connectivity index (χ2v) is 8.32. The zero-order valence-electron chi connectivity index (χ0n) is 16.1. The van der Waals surface area contributed by atoms with Gasteiger partial charge in [0.05, 0.1) is 11.9 Å². The van der Waals surface area contributed by atoms with E-state index in [1.165, 1.54) is 11.3 Å². The van der Waals surface area contributed by atoms with E-state index in [-0.39, 0.29) is 17.4 Å². The summed E-state index contributed by atoms with van der Waals surface area (Å²) in [6.07, 6.45) is 0. The van der Waals surface area contributed by atoms with Crippen molar-refractivity contribution in [1.29, 1.82) is 0 Å². The largest absolute Gasteiger partial charge is 0.340 e. The molecule has 0 bridgehead atoms. The Morgan fingerprint density at radius 1 is 1.18 bits per heavy atom. The van der Waals surface area contributed by atoms with Gasteiger partial charge in [-0.25, -0.2) is 4.98 Å². The average Bonchev–Trinajstić information content (AvgIpc) is 3.13. The van der Waals surface area contributed by atoms with Crippen LogP contribution in [0.15, 0.2) is 40.5 Å². The van der Waals surface area contributed by atoms with Crippen molar-refractivity contribution in [2.24, 2.45) is 5.92 Å². The van der Waals surface area contributed by atoms with Crippen LogP contribution in [0.25, 0.3) is 21.3 Å². The standard InChI is InChI=1S/C21H24N4O2S/c1-14(2)21(27)25-10-8-24(9-11-25)12-17-22-19(26)18-16(13-28-20(18)23-17)15-6-4-3-5-7-15/h3-7,13-14H,8-12H2,1-2H3,(H,22,23,26). The number of carbonyl (C=O) groups is 1. The van der Waals surface area contributed by atoms with Crippen molar-refractivity contribution in [3.63, 3.8) is 0 Å². The Morgan fingerprint density at radius 3 is 2.57 bits per heavy atom. The van der Waals surface area contributed by atoms with Gasteiger partial charge in [0.2, 0.25) is 5.91 Å². The lowest BCUT2D eigenvalue weighted by atomic mass is 10.1. The molecule has 0 aliphatic carbocycles. The van der Waals surface area contributed by atoms with Crippen LogP contribution in [0.1, 0.15) is 19.7 Å². The molecule has 3 aromatic rings. The normalized spacial score (nSPS) is 15.5. The molecule has 4 rings (SSSR count). The SMILES string of the molecule is CC(C)C(=O)N1CCN(Cc2nc3scc(-c4ccccc4)c3c(=O)[nH]2)CC1. The van der Waals surface area contributed by atoms with Gasteiger partial charge in [-0.3, -0.25) is 14.5 Å². The fourth-order valence-corrected chi connectivity index (χ4v) is 4.57. The maximum Gasteiger partial charge on any atom is 0.260 e. The number of nitrogens with zero attached hydrogens (tertiary/aromatic N) is 3. The second kappa shape index (κ2) is 7.85. The molecule has 1 amide bonds. The van der Waals surface area contributed by atoms with Crippen LogP contribution in [0.4, 0.5) is 0 Å². The number of hydrogen-bond acceptors (Lipinski definition) is 5. The maximum absolute atomic E-state index is 12.8. The van der Waals surface area contributed by atoms with E-state index in [0.29, 0.717) is 17.8 Å². The minimum atomic E-state index is -0.0891. The van der Waals surface area contributed by atoms with Crippen LogP contribution in [-0.4, -0.2) is 51.9 Å². The molecule has 7 heteroatoms. The summed E-state index contributed by atoms with van der Waals surface area (Å²) in [5, 5.41) is 2.66. The highest BCUT2D eigenvalue weighted by molar-refractivity contribution is 7.17. The lowest BCUT2D eigenvalue weighted by Crippen LogP contribution is -2.49. The number of piperazine rings is 1. The fourth-order valence-electron chi connectivity index (χ4n) is 3.60. The molecule has 2 aromatic heterocycles. The number of aromatic nitrogens is 2. The molecule has 0 atom stereocenters. The summed E-state index contributed by atoms with van der Waals surface area (Å²) in [5.74, 6) is 0.923. The van der Waals surface area contributed by atoms with Crippen LogP contribution in [0.3, 0.4) is 0 Å². The molecule has 146 valence electrons. The van der Waals surface area contributed by atoms with Gasteiger partial charge in [0.15, 0.2) is 0 Å². The molecule has 0 saturated carbocycles. The first-order valence-electron chi connectivity index (χ1n) is 9.60. The topological polar surface area (TPSA) is 69.3 Å². The van der Waals surface area contributed by atoms with Crippen molar-refractivity contribution >= 4 is 27.5 Å². The zero-order chi connectivity index (χ0) is 19.7. The summed E-state index contributed by atoms with van der Waals surface area (Å²) in [5.41, 5.74) is 1.87. The van der Waals surface area contributed by atoms with Crippen molar-refractivity contribution < 1.29 is 4.79 Å². The maximum atomic E-state index is 12.8. The van der Waals surface area contributed by atoms with Gasteiger partial charge in [-0.05, 0) is 5.56 Å². The Kier molecular flexibility index (Phi) is 5.28. The molecular weight excluding hydrogens is 372 g/mol. The Balaban J connectivity index is 1.51. The minimum absolute atomic E-state index is 0.0321. The molecule has 0 spiro atoms. The molecule has 0 unspecified atom stereocenters. The number of benzene rings is 1. The molecule has 3 heterocycles. The third-order valence-corrected chi connectivity index (χ3v) is 6.00. The van der Waals surface area contributed by atoms with E-state index in [1.54, 1.807) is 0 Å². The Bertz CT molecular complexity index is 1030. The van der Waals surface area contributed by atoms with E-state index in [1.807, 2.05) is 54.5 Å². The fraction of sp³-hybridized carbons (Fsp3) is 0.381. The van der Waals surface area contributed by atoms with Crippen LogP contribution in [-0.2, 0) is 11.3 Å². The Labute approximate surface area is 167 Å². The van der Waals surface area contributed by atoms with Gasteiger partial charge in [-0.1, -0.05) is 44.2 Å². The summed E-state index contributed by atoms with van der Waals surface area (Å²) >= 11 is 1.50. The molecule has 1 aliphatic heterocycles. The summed E-state index contributed by atoms with van der Waals surface area (Å²) < 4.78 is 0. The van der Waals surface area contributed by atoms with Crippen molar-refractivity contribution in [3.05, 3.63) is 51.9 Å². The number of thiophene rings is 1. The van der Waals surface area contributed by atoms with E-state index in [0.717, 1.165) is 42.1 Å². The predicted molar refractivity (Wildman–Crippen MR) is 112 cm³/mol. The van der Waals surface area contributed by atoms with Crippen molar-refractivity contribution in [3.8, 4) is 11.1 Å². The van der Waals surface area contributed by atoms with Crippen LogP contribution in [0.5, 0.6) is 0 Å². The molecule has 1 aliphatic rings. The first-order chi connectivity index (χ1) is 13.5. The highest BCUT2D eigenvalue weighted by atomic mass is 32.1. The highest BCUT2D eigenvalue weighted by Crippen LogP contribution is 2.30. The van der Waals surface area contributed by atoms with E-state index >= 15 is 0 Å². The molecule has 1 N–H and O–H groups in total. The minimum Gasteiger partial charge on any atom is -0.340 e. The highest BCUT2D eigenvalue weighted by Gasteiger charge is 2.23. The molecular formula is C21H24N4O2S. The van der Waals surface area contributed by atoms with Crippen molar-refractivity contribution in [1.82, 2.24) is 19.8 Å². The molecule has 1 saturated heterocycles. The first kappa shape index (κ1) is 18.8. The van der Waals surface area contributed by atoms with Crippen LogP contribution in [0.2, 0.25) is 0 Å². The molecule has 6 nitrogen and oxygen atoms in total. The lowest BCUT2D eigenvalue weighted by molar-refractivity contribution is -0.136. The Morgan fingerprint density at radius 2 is 1.89 bits per heavy atom. The van der Waals surface area contributed by atoms with Gasteiger partial charge in [0, 0.05) is 43.0 Å². The third kappa shape index (κ3) is 3.72. The van der Waals surface area contributed by atoms with Crippen LogP contribution in [0, 0.1) is 5.92 Å². The van der Waals surface area contributed by atoms with E-state index in [4.69, 9.17) is 4.98 Å². The number of carbonyl (C=O) groups excluding carboxylic acids is 1. The van der Waals surface area contributed by atoms with E-state index in [9.17, 15) is 9.59 Å². The number of fused-ring (bicyclic) bond motifs is 1. The van der Waals surface area contributed by atoms with Crippen LogP contribution >= 0.6 is 11.3 Å². The average molecular weight is 397 g/mol. The summed E-state index contributed by atoms with van der Waals surface area (Å²) in [7, 11) is 0. The van der Waals surface area contributed by atoms with Gasteiger partial charge < -0.3 is 9.88 Å². The number of aromatic amines is 1. The molecule has 1 fully saturated rings. The van der Waals surface area contributed by atoms with Gasteiger partial charge >= 0.3 is 0 Å². The third-order valence-electron chi connectivity index (χ3n) is 5.13. The number of hydrogen-bond donors (Lipinski definition) is 1. The summed E-state index contributed by atoms with van der Waals surface area (Å²) in [4.78, 5) is 37.5. The lowest BCUT2D eigenvalue weighted by Gasteiger charge is -2.35. The van der Waals surface area contributed by atoms with Gasteiger partial charge in [-0.2, -0.15) is 0 Å². The van der Waals surface area contributed by atoms with Gasteiger partial charge in [0.1, 0.15) is 10.7 Å². The smallest absolute Gasteiger partial charge is 0.260 e. The number of H-pyrrole nitrogens is 1. The Hall–Kier alpha value is -2.51. The number of amides is 1. The number of rotatable bonds is 4. The van der Waals surface area contributed by atoms with Gasteiger partial charge in [-0.15, -0.1) is 11.3 Å². The zero-order valence-corrected chi connectivity index (χ0v) is 17.0. The predicted octanol–water partition coefficient (Wildman–Crippen LogP) is 2.95. The van der Waals surface area contributed by atoms with Crippen molar-refractivity contribution in [2.75, 3.05) is 26.2 Å². The molecule has 0 radical (unpaired) electrons. The van der Waals surface area contributed by atoms with Crippen molar-refractivity contribution in [2.45, 2.75) is 20.4 Å². The number of nitrogens with one attached hydrogen (secondary N) is 1. The van der Waals surface area contributed by atoms with E-state index in [2.05, 4.69) is 9.88 Å². The molecule has 28 heavy (non-hydrogen) atoms. The molecule has 1 aromatic carbocycles. The van der Waals surface area contributed by atoms with Gasteiger partial charge in [0.25, 0.3) is 5.56 Å². The van der Waals surface area contributed by atoms with Crippen LogP contribution < -0.4 is 5.56 Å². The quantitative estimate of drug-likeness (QED) is 0.736. The van der Waals surface area contributed by atoms with E-state index < -0.39 is 0 Å². The summed E-state index contributed by atoms with van der Waals surface area (Å²) in [6.45, 7) is 7.49. The second-order valence-electron chi connectivity index (χ2n) is 7.46. The first-order valence-corrected chi connectivity index (χ1v) is 10.5. The summed E-state index contributed by atoms with van der Waals surface area (Å²) in [6, 6.07) is 9.92.